The summed E-state index contributed by atoms with van der Waals surface area (Å²) >= 11 is 4.39. The van der Waals surface area contributed by atoms with Crippen LogP contribution in [0.1, 0.15) is 119 Å². The predicted octanol–water partition coefficient (Wildman–Crippen LogP) is 9.75. The number of rotatable bonds is 18. The number of nitrogens with zero attached hydrogens (tertiary/aromatic N) is 6. The number of carbonyl (C=O) groups excluding carboxylic acids is 4. The number of piperidine rings is 1. The number of carbonyl (C=O) groups is 5. The third kappa shape index (κ3) is 13.9. The van der Waals surface area contributed by atoms with Gasteiger partial charge in [-0.3, -0.25) is 29.4 Å². The molecule has 85 heavy (non-hydrogen) atoms. The van der Waals surface area contributed by atoms with Crippen LogP contribution in [0.3, 0.4) is 0 Å². The Morgan fingerprint density at radius 1 is 0.918 bits per heavy atom. The minimum absolute atomic E-state index is 0.0189. The molecule has 1 aliphatic carbocycles. The number of thiazole rings is 3. The lowest BCUT2D eigenvalue weighted by Gasteiger charge is -2.52. The first-order valence-electron chi connectivity index (χ1n) is 29.2. The molecule has 2 saturated heterocycles. The molecule has 7 aromatic rings. The molecule has 20 heteroatoms. The number of amides is 4. The van der Waals surface area contributed by atoms with E-state index in [-0.39, 0.29) is 60.8 Å². The highest BCUT2D eigenvalue weighted by atomic mass is 32.1. The zero-order valence-electron chi connectivity index (χ0n) is 48.3. The third-order valence-corrected chi connectivity index (χ3v) is 20.0. The maximum absolute atomic E-state index is 14.2. The van der Waals surface area contributed by atoms with Gasteiger partial charge in [0, 0.05) is 55.0 Å². The summed E-state index contributed by atoms with van der Waals surface area (Å²) in [6, 6.07) is 27.5. The van der Waals surface area contributed by atoms with Crippen molar-refractivity contribution in [1.29, 1.82) is 0 Å². The Morgan fingerprint density at radius 2 is 1.69 bits per heavy atom. The Labute approximate surface area is 507 Å². The second-order valence-electron chi connectivity index (χ2n) is 24.1. The van der Waals surface area contributed by atoms with Gasteiger partial charge in [-0.2, -0.15) is 0 Å². The number of anilines is 2. The van der Waals surface area contributed by atoms with Crippen molar-refractivity contribution < 1.29 is 38.9 Å². The molecule has 3 atom stereocenters. The van der Waals surface area contributed by atoms with E-state index in [2.05, 4.69) is 52.5 Å². The molecule has 1 saturated carbocycles. The number of β-amino-alcohol motifs (C(OH)–C–C–N with tert-alkyl or cyclic N) is 1. The van der Waals surface area contributed by atoms with Gasteiger partial charge >= 0.3 is 5.97 Å². The molecule has 0 bridgehead atoms. The Kier molecular flexibility index (Phi) is 17.8. The number of benzene rings is 4. The SMILES string of the molecule is Cc1ncsc1-c1ccc(CNC(=O)[C@@H]2C[C@@H](O)CN2C(=O)[C@@H](NC(=O)CN2CCC3(CC2)CC(CC#Cc2ccc(OCCCc4sc(N5CCc6cccc(C(=O)Nc7nc8ccccc8s7)c6C5)nc4C(=O)O)cc2)C3)C(C)(C)C)cc1. The fraction of sp³-hybridized carbons (Fsp3) is 0.415. The molecule has 3 aliphatic heterocycles. The second kappa shape index (κ2) is 25.6. The van der Waals surface area contributed by atoms with Gasteiger partial charge in [-0.05, 0) is 146 Å². The number of hydrogen-bond acceptors (Lipinski definition) is 15. The van der Waals surface area contributed by atoms with Gasteiger partial charge in [-0.25, -0.2) is 19.7 Å². The molecule has 4 aliphatic rings. The molecule has 1 spiro atoms. The van der Waals surface area contributed by atoms with Crippen LogP contribution in [0, 0.1) is 35.5 Å². The number of aromatic carboxylic acids is 1. The van der Waals surface area contributed by atoms with Crippen molar-refractivity contribution >= 4 is 84.1 Å². The number of carboxylic acids is 1. The molecule has 5 N–H and O–H groups in total. The highest BCUT2D eigenvalue weighted by Gasteiger charge is 2.47. The van der Waals surface area contributed by atoms with E-state index in [1.807, 2.05) is 124 Å². The minimum Gasteiger partial charge on any atom is -0.494 e. The van der Waals surface area contributed by atoms with Crippen LogP contribution in [0.4, 0.5) is 10.3 Å². The first-order valence-corrected chi connectivity index (χ1v) is 31.7. The summed E-state index contributed by atoms with van der Waals surface area (Å²) in [5.41, 5.74) is 8.73. The van der Waals surface area contributed by atoms with Crippen LogP contribution >= 0.6 is 34.0 Å². The van der Waals surface area contributed by atoms with Gasteiger partial charge in [0.15, 0.2) is 16.0 Å². The lowest BCUT2D eigenvalue weighted by atomic mass is 9.57. The highest BCUT2D eigenvalue weighted by molar-refractivity contribution is 7.22. The molecular formula is C65H71N9O8S3. The first kappa shape index (κ1) is 59.2. The van der Waals surface area contributed by atoms with Crippen LogP contribution in [0.5, 0.6) is 5.75 Å². The van der Waals surface area contributed by atoms with Gasteiger partial charge in [0.05, 0.1) is 45.6 Å². The van der Waals surface area contributed by atoms with E-state index in [0.29, 0.717) is 71.3 Å². The Bertz CT molecular complexity index is 3620. The lowest BCUT2D eigenvalue weighted by molar-refractivity contribution is -0.144. The molecule has 3 fully saturated rings. The number of likely N-dealkylation sites (tertiary alicyclic amines) is 2. The fourth-order valence-electron chi connectivity index (χ4n) is 12.3. The van der Waals surface area contributed by atoms with Crippen molar-refractivity contribution in [2.45, 2.75) is 117 Å². The largest absolute Gasteiger partial charge is 0.494 e. The number of carboxylic acid groups (broad SMARTS) is 1. The van der Waals surface area contributed by atoms with Crippen LogP contribution in [-0.2, 0) is 40.3 Å². The maximum Gasteiger partial charge on any atom is 0.355 e. The molecule has 0 unspecified atom stereocenters. The van der Waals surface area contributed by atoms with E-state index >= 15 is 0 Å². The average Bonchev–Trinajstić information content (AvgIpc) is 2.97. The Balaban J connectivity index is 0.592. The van der Waals surface area contributed by atoms with Crippen LogP contribution in [0.2, 0.25) is 0 Å². The van der Waals surface area contributed by atoms with E-state index in [4.69, 9.17) is 4.74 Å². The van der Waals surface area contributed by atoms with Crippen LogP contribution in [0.25, 0.3) is 20.7 Å². The maximum atomic E-state index is 14.2. The van der Waals surface area contributed by atoms with E-state index in [0.717, 1.165) is 93.8 Å². The Hall–Kier alpha value is -7.54. The molecule has 4 amide bonds. The van der Waals surface area contributed by atoms with Crippen molar-refractivity contribution in [2.24, 2.45) is 16.7 Å². The zero-order valence-corrected chi connectivity index (χ0v) is 50.8. The number of nitrogens with one attached hydrogen (secondary N) is 3. The topological polar surface area (TPSA) is 220 Å². The number of aryl methyl sites for hydroxylation is 2. The first-order chi connectivity index (χ1) is 40.9. The number of aliphatic hydroxyl groups excluding tert-OH is 1. The van der Waals surface area contributed by atoms with Gasteiger partial charge in [0.1, 0.15) is 17.8 Å². The summed E-state index contributed by atoms with van der Waals surface area (Å²) in [5, 5.41) is 31.0. The van der Waals surface area contributed by atoms with Crippen LogP contribution < -0.4 is 25.6 Å². The quantitative estimate of drug-likeness (QED) is 0.0400. The third-order valence-electron chi connectivity index (χ3n) is 16.9. The summed E-state index contributed by atoms with van der Waals surface area (Å²) in [6.07, 6.45) is 6.12. The van der Waals surface area contributed by atoms with E-state index in [1.54, 1.807) is 11.3 Å². The van der Waals surface area contributed by atoms with Crippen molar-refractivity contribution in [1.82, 2.24) is 35.4 Å². The van der Waals surface area contributed by atoms with Gasteiger partial charge in [-0.15, -0.1) is 22.7 Å². The molecule has 11 rings (SSSR count). The summed E-state index contributed by atoms with van der Waals surface area (Å²) < 4.78 is 7.07. The number of aromatic nitrogens is 3. The predicted molar refractivity (Wildman–Crippen MR) is 332 cm³/mol. The summed E-state index contributed by atoms with van der Waals surface area (Å²) in [4.78, 5) is 88.4. The normalized spacial score (nSPS) is 18.0. The highest BCUT2D eigenvalue weighted by Crippen LogP contribution is 2.53. The monoisotopic (exact) mass is 1200 g/mol. The van der Waals surface area contributed by atoms with Gasteiger partial charge < -0.3 is 35.4 Å². The van der Waals surface area contributed by atoms with Crippen molar-refractivity contribution in [3.63, 3.8) is 0 Å². The average molecular weight is 1200 g/mol. The number of fused-ring (bicyclic) bond motifs is 2. The molecule has 3 aromatic heterocycles. The van der Waals surface area contributed by atoms with E-state index in [9.17, 15) is 34.2 Å². The number of para-hydroxylation sites is 1. The van der Waals surface area contributed by atoms with Gasteiger partial charge in [-0.1, -0.05) is 92.5 Å². The molecule has 0 radical (unpaired) electrons. The van der Waals surface area contributed by atoms with E-state index < -0.39 is 29.6 Å². The summed E-state index contributed by atoms with van der Waals surface area (Å²) in [6.45, 7) is 11.2. The second-order valence-corrected chi connectivity index (χ2v) is 27.1. The van der Waals surface area contributed by atoms with Crippen molar-refractivity contribution in [3.05, 3.63) is 141 Å². The molecule has 4 aromatic carbocycles. The molecular weight excluding hydrogens is 1130 g/mol. The molecule has 6 heterocycles. The standard InChI is InChI=1S/C65H71N9O8S3/c1-40-56(83-39-67-40)45-21-17-42(18-22-45)35-66-59(78)51-32-46(75)36-74(51)60(79)57(64(2,3)4)69-54(76)38-72-29-26-65(27-30-72)33-43(34-65)11-7-10-41-19-23-47(24-20-41)82-31-9-16-53-55(61(80)81)70-63(85-53)73-28-25-44-12-8-13-48(49(44)37-73)58(77)71-62-68-50-14-5-6-15-52(50)84-62/h5-6,8,12-15,17-24,39,43,46,51,57,75H,9,11,16,25-38H2,1-4H3,(H,66,78)(H,69,76)(H,80,81)(H,68,71,77)/t46-,51+,57-/m1/s1. The number of aliphatic hydroxyl groups is 1. The van der Waals surface area contributed by atoms with Crippen LogP contribution in [-0.4, -0.2) is 122 Å². The van der Waals surface area contributed by atoms with E-state index in [1.165, 1.54) is 27.6 Å². The van der Waals surface area contributed by atoms with Gasteiger partial charge in [0.2, 0.25) is 17.7 Å². The zero-order chi connectivity index (χ0) is 59.4. The Morgan fingerprint density at radius 3 is 2.42 bits per heavy atom. The number of hydrogen-bond donors (Lipinski definition) is 5. The van der Waals surface area contributed by atoms with Crippen LogP contribution in [0.15, 0.2) is 96.5 Å². The van der Waals surface area contributed by atoms with Gasteiger partial charge in [0.25, 0.3) is 5.91 Å². The minimum atomic E-state index is -1.07. The summed E-state index contributed by atoms with van der Waals surface area (Å²) in [7, 11) is 0. The van der Waals surface area contributed by atoms with Crippen molar-refractivity contribution in [3.8, 4) is 28.0 Å². The molecule has 442 valence electrons. The smallest absolute Gasteiger partial charge is 0.355 e. The molecule has 17 nitrogen and oxygen atoms in total. The fourth-order valence-corrected chi connectivity index (χ4v) is 15.1. The summed E-state index contributed by atoms with van der Waals surface area (Å²) in [5.74, 6) is 5.74. The number of ether oxygens (including phenoxy) is 1. The van der Waals surface area contributed by atoms with Crippen molar-refractivity contribution in [2.75, 3.05) is 49.5 Å². The lowest BCUT2D eigenvalue weighted by Crippen LogP contribution is -2.59.